The van der Waals surface area contributed by atoms with E-state index in [1.54, 1.807) is 0 Å². The molecule has 1 aliphatic carbocycles. The minimum atomic E-state index is -4.94. The quantitative estimate of drug-likeness (QED) is 0.291. The Morgan fingerprint density at radius 1 is 1.21 bits per heavy atom. The number of pyridine rings is 1. The largest absolute Gasteiger partial charge is 0.435 e. The lowest BCUT2D eigenvalue weighted by Crippen LogP contribution is -2.33. The van der Waals surface area contributed by atoms with Crippen molar-refractivity contribution in [2.75, 3.05) is 11.6 Å². The number of rotatable bonds is 6. The van der Waals surface area contributed by atoms with Crippen LogP contribution in [0.4, 0.5) is 23.2 Å². The summed E-state index contributed by atoms with van der Waals surface area (Å²) in [6.07, 6.45) is -2.09. The molecule has 1 saturated carbocycles. The number of amides is 1. The molecule has 0 saturated heterocycles. The molecule has 1 aliphatic rings. The van der Waals surface area contributed by atoms with E-state index in [4.69, 9.17) is 9.52 Å². The zero-order chi connectivity index (χ0) is 28.8. The van der Waals surface area contributed by atoms with E-state index >= 15 is 0 Å². The maximum absolute atomic E-state index is 15.0. The number of ether oxygens (including phenoxy) is 1. The molecule has 1 unspecified atom stereocenters. The molecule has 14 heteroatoms. The number of halogens is 4. The maximum Gasteiger partial charge on any atom is 0.435 e. The third-order valence-corrected chi connectivity index (χ3v) is 7.63. The second-order valence-corrected chi connectivity index (χ2v) is 11.4. The number of nitrogens with zero attached hydrogens (tertiary/aromatic N) is 4. The molecule has 39 heavy (non-hydrogen) atoms. The molecule has 0 bridgehead atoms. The molecule has 1 atom stereocenters. The zero-order valence-corrected chi connectivity index (χ0v) is 21.8. The normalized spacial score (nSPS) is 15.9. The molecule has 204 valence electrons. The third-order valence-electron chi connectivity index (χ3n) is 6.47. The molecule has 1 amide bonds. The molecule has 0 aliphatic heterocycles. The molecule has 0 spiro atoms. The molecule has 2 heterocycles. The predicted molar refractivity (Wildman–Crippen MR) is 131 cm³/mol. The van der Waals surface area contributed by atoms with Crippen molar-refractivity contribution >= 4 is 21.3 Å². The van der Waals surface area contributed by atoms with Gasteiger partial charge in [0.25, 0.3) is 11.8 Å². The van der Waals surface area contributed by atoms with Crippen LogP contribution in [0.2, 0.25) is 0 Å². The summed E-state index contributed by atoms with van der Waals surface area (Å²) >= 11 is 0. The Morgan fingerprint density at radius 2 is 1.90 bits per heavy atom. The molecule has 1 fully saturated rings. The van der Waals surface area contributed by atoms with E-state index in [2.05, 4.69) is 26.6 Å². The summed E-state index contributed by atoms with van der Waals surface area (Å²) in [5.41, 5.74) is -3.26. The van der Waals surface area contributed by atoms with Gasteiger partial charge in [0.2, 0.25) is 11.8 Å². The first-order valence-corrected chi connectivity index (χ1v) is 13.5. The van der Waals surface area contributed by atoms with Crippen molar-refractivity contribution < 1.29 is 31.3 Å². The minimum absolute atomic E-state index is 0.0575. The number of carbonyl (C=O) groups excluding carboxylic acids is 1. The van der Waals surface area contributed by atoms with Gasteiger partial charge in [0.15, 0.2) is 5.69 Å². The van der Waals surface area contributed by atoms with Crippen LogP contribution in [0.3, 0.4) is 0 Å². The summed E-state index contributed by atoms with van der Waals surface area (Å²) < 4.78 is 81.1. The van der Waals surface area contributed by atoms with Crippen LogP contribution in [0.1, 0.15) is 52.0 Å². The van der Waals surface area contributed by atoms with Crippen LogP contribution in [-0.4, -0.2) is 31.6 Å². The van der Waals surface area contributed by atoms with Gasteiger partial charge in [-0.1, -0.05) is 6.07 Å². The second-order valence-electron chi connectivity index (χ2n) is 9.28. The van der Waals surface area contributed by atoms with Crippen molar-refractivity contribution in [1.82, 2.24) is 15.2 Å². The first-order valence-electron chi connectivity index (χ1n) is 11.5. The maximum atomic E-state index is 15.0. The Hall–Kier alpha value is -4.12. The molecule has 3 aromatic rings. The molecule has 2 N–H and O–H groups in total. The lowest BCUT2D eigenvalue weighted by Gasteiger charge is -2.35. The number of aryl methyl sites for hydroxylation is 1. The number of hydrogen-bond donors (Lipinski definition) is 2. The number of hydrogen-bond acceptors (Lipinski definition) is 8. The van der Waals surface area contributed by atoms with Crippen molar-refractivity contribution in [3.05, 3.63) is 64.2 Å². The van der Waals surface area contributed by atoms with Gasteiger partial charge in [-0.25, -0.2) is 8.99 Å². The van der Waals surface area contributed by atoms with E-state index in [0.717, 1.165) is 13.3 Å². The van der Waals surface area contributed by atoms with E-state index in [-0.39, 0.29) is 27.6 Å². The predicted octanol–water partition coefficient (Wildman–Crippen LogP) is 5.67. The SMILES string of the molecule is Cc1cc(C2(C#N)CCC2)c(F)nc1Oc1nnc(C(F)(F)F)c(C)c1C(=O)Nc1cccc(S(C)(=N)=O)c1. The Morgan fingerprint density at radius 3 is 2.46 bits per heavy atom. The smallest absolute Gasteiger partial charge is 0.418 e. The highest BCUT2D eigenvalue weighted by Crippen LogP contribution is 2.45. The van der Waals surface area contributed by atoms with Gasteiger partial charge in [-0.05, 0) is 62.9 Å². The standard InChI is InChI=1S/C25H22F4N6O3S/c1-13-10-17(24(12-30)8-5-9-24)20(26)33-22(13)38-23-18(14(2)19(34-35-23)25(27,28)29)21(36)32-15-6-4-7-16(11-15)39(3,31)37/h4,6-7,10-11,31H,5,8-9H2,1-3H3,(H,32,36). The first kappa shape index (κ1) is 27.9. The topological polar surface area (TPSA) is 142 Å². The average Bonchev–Trinajstić information content (AvgIpc) is 2.80. The van der Waals surface area contributed by atoms with Gasteiger partial charge in [-0.15, -0.1) is 10.2 Å². The molecular formula is C25H22F4N6O3S. The van der Waals surface area contributed by atoms with Gasteiger partial charge in [0.05, 0.1) is 21.2 Å². The van der Waals surface area contributed by atoms with Gasteiger partial charge >= 0.3 is 6.18 Å². The number of anilines is 1. The number of aromatic nitrogens is 3. The zero-order valence-electron chi connectivity index (χ0n) is 20.9. The Bertz CT molecular complexity index is 1630. The summed E-state index contributed by atoms with van der Waals surface area (Å²) in [6.45, 7) is 2.52. The lowest BCUT2D eigenvalue weighted by atomic mass is 9.65. The Labute approximate surface area is 221 Å². The average molecular weight is 563 g/mol. The van der Waals surface area contributed by atoms with E-state index in [1.165, 1.54) is 43.5 Å². The number of benzene rings is 1. The summed E-state index contributed by atoms with van der Waals surface area (Å²) in [5.74, 6) is -3.07. The van der Waals surface area contributed by atoms with Crippen molar-refractivity contribution in [2.45, 2.75) is 49.6 Å². The fourth-order valence-corrected chi connectivity index (χ4v) is 4.88. The van der Waals surface area contributed by atoms with Crippen LogP contribution in [0.25, 0.3) is 0 Å². The monoisotopic (exact) mass is 562 g/mol. The van der Waals surface area contributed by atoms with Crippen LogP contribution in [0, 0.1) is 35.9 Å². The van der Waals surface area contributed by atoms with Crippen LogP contribution < -0.4 is 10.1 Å². The van der Waals surface area contributed by atoms with Crippen molar-refractivity contribution in [2.24, 2.45) is 0 Å². The van der Waals surface area contributed by atoms with Crippen molar-refractivity contribution in [3.63, 3.8) is 0 Å². The van der Waals surface area contributed by atoms with Crippen LogP contribution in [0.15, 0.2) is 35.2 Å². The van der Waals surface area contributed by atoms with E-state index in [1.807, 2.05) is 0 Å². The summed E-state index contributed by atoms with van der Waals surface area (Å²) in [7, 11) is -3.14. The molecule has 0 radical (unpaired) electrons. The second kappa shape index (κ2) is 9.88. The van der Waals surface area contributed by atoms with Gasteiger partial charge in [-0.2, -0.15) is 27.8 Å². The lowest BCUT2D eigenvalue weighted by molar-refractivity contribution is -0.142. The summed E-state index contributed by atoms with van der Waals surface area (Å²) in [4.78, 5) is 17.1. The fourth-order valence-electron chi connectivity index (χ4n) is 4.19. The number of nitrogens with one attached hydrogen (secondary N) is 2. The fraction of sp³-hybridized carbons (Fsp3) is 0.320. The van der Waals surface area contributed by atoms with E-state index < -0.39 is 55.9 Å². The highest BCUT2D eigenvalue weighted by Gasteiger charge is 2.42. The number of carbonyl (C=O) groups is 1. The van der Waals surface area contributed by atoms with Crippen LogP contribution in [-0.2, 0) is 21.3 Å². The van der Waals surface area contributed by atoms with Crippen LogP contribution >= 0.6 is 0 Å². The first-order chi connectivity index (χ1) is 18.2. The Balaban J connectivity index is 1.76. The minimum Gasteiger partial charge on any atom is -0.418 e. The molecule has 1 aromatic carbocycles. The molecule has 9 nitrogen and oxygen atoms in total. The van der Waals surface area contributed by atoms with E-state index in [0.29, 0.717) is 12.8 Å². The van der Waals surface area contributed by atoms with Gasteiger partial charge in [-0.3, -0.25) is 4.79 Å². The van der Waals surface area contributed by atoms with Crippen LogP contribution in [0.5, 0.6) is 11.8 Å². The third kappa shape index (κ3) is 5.40. The van der Waals surface area contributed by atoms with Gasteiger partial charge in [0, 0.05) is 28.0 Å². The molecule has 2 aromatic heterocycles. The summed E-state index contributed by atoms with van der Waals surface area (Å²) in [6, 6.07) is 9.00. The van der Waals surface area contributed by atoms with Crippen molar-refractivity contribution in [1.29, 1.82) is 10.0 Å². The van der Waals surface area contributed by atoms with Gasteiger partial charge < -0.3 is 10.1 Å². The van der Waals surface area contributed by atoms with Crippen molar-refractivity contribution in [3.8, 4) is 17.8 Å². The highest BCUT2D eigenvalue weighted by molar-refractivity contribution is 7.91. The highest BCUT2D eigenvalue weighted by atomic mass is 32.2. The number of nitriles is 1. The molecular weight excluding hydrogens is 540 g/mol. The summed E-state index contributed by atoms with van der Waals surface area (Å²) in [5, 5.41) is 18.6. The van der Waals surface area contributed by atoms with E-state index in [9.17, 15) is 31.8 Å². The van der Waals surface area contributed by atoms with Gasteiger partial charge in [0.1, 0.15) is 5.56 Å². The number of alkyl halides is 3. The Kier molecular flexibility index (Phi) is 7.07. The molecule has 4 rings (SSSR count).